The van der Waals surface area contributed by atoms with E-state index < -0.39 is 0 Å². The van der Waals surface area contributed by atoms with Crippen molar-refractivity contribution < 1.29 is 0 Å². The summed E-state index contributed by atoms with van der Waals surface area (Å²) in [6, 6.07) is 10.2. The summed E-state index contributed by atoms with van der Waals surface area (Å²) in [5.41, 5.74) is 3.01. The molecule has 6 heteroatoms. The van der Waals surface area contributed by atoms with Gasteiger partial charge in [-0.25, -0.2) is 4.98 Å². The molecule has 3 aromatic rings. The fourth-order valence-electron chi connectivity index (χ4n) is 1.74. The molecule has 0 saturated carbocycles. The fourth-order valence-corrected chi connectivity index (χ4v) is 2.54. The zero-order valence-corrected chi connectivity index (χ0v) is 11.0. The van der Waals surface area contributed by atoms with Gasteiger partial charge in [-0.3, -0.25) is 0 Å². The predicted molar refractivity (Wildman–Crippen MR) is 76.1 cm³/mol. The number of benzene rings is 1. The summed E-state index contributed by atoms with van der Waals surface area (Å²) in [6.07, 6.45) is 2.58. The summed E-state index contributed by atoms with van der Waals surface area (Å²) < 4.78 is 0. The van der Waals surface area contributed by atoms with Crippen molar-refractivity contribution in [2.75, 3.05) is 11.9 Å². The molecule has 96 valence electrons. The highest BCUT2D eigenvalue weighted by molar-refractivity contribution is 7.13. The second-order valence-electron chi connectivity index (χ2n) is 4.04. The van der Waals surface area contributed by atoms with Crippen LogP contribution in [-0.2, 0) is 6.42 Å². The molecule has 0 spiro atoms. The Morgan fingerprint density at radius 3 is 2.89 bits per heavy atom. The molecule has 0 radical (unpaired) electrons. The van der Waals surface area contributed by atoms with Gasteiger partial charge in [0.1, 0.15) is 10.7 Å². The van der Waals surface area contributed by atoms with E-state index in [4.69, 9.17) is 0 Å². The van der Waals surface area contributed by atoms with Gasteiger partial charge in [-0.15, -0.1) is 11.3 Å². The van der Waals surface area contributed by atoms with Gasteiger partial charge in [0.15, 0.2) is 0 Å². The zero-order chi connectivity index (χ0) is 12.9. The smallest absolute Gasteiger partial charge is 0.145 e. The molecule has 1 aromatic carbocycles. The number of aromatic amines is 1. The van der Waals surface area contributed by atoms with E-state index in [1.165, 1.54) is 0 Å². The third-order valence-corrected chi connectivity index (χ3v) is 3.58. The van der Waals surface area contributed by atoms with Crippen LogP contribution in [0.3, 0.4) is 0 Å². The van der Waals surface area contributed by atoms with E-state index in [0.717, 1.165) is 35.0 Å². The van der Waals surface area contributed by atoms with E-state index in [1.807, 2.05) is 18.2 Å². The summed E-state index contributed by atoms with van der Waals surface area (Å²) in [5.74, 6) is 0. The molecule has 0 fully saturated rings. The summed E-state index contributed by atoms with van der Waals surface area (Å²) in [6.45, 7) is 0.867. The SMILES string of the molecule is c1ccc(NCCc2csc(-c3cn[nH]n3)n2)cc1. The molecular formula is C13H13N5S. The molecule has 0 aliphatic heterocycles. The van der Waals surface area contributed by atoms with Crippen LogP contribution in [0.4, 0.5) is 5.69 Å². The van der Waals surface area contributed by atoms with Crippen molar-refractivity contribution in [1.82, 2.24) is 20.4 Å². The van der Waals surface area contributed by atoms with Crippen LogP contribution in [0.5, 0.6) is 0 Å². The van der Waals surface area contributed by atoms with Crippen LogP contribution in [-0.4, -0.2) is 26.9 Å². The van der Waals surface area contributed by atoms with Crippen molar-refractivity contribution in [3.8, 4) is 10.7 Å². The van der Waals surface area contributed by atoms with Crippen molar-refractivity contribution in [3.63, 3.8) is 0 Å². The van der Waals surface area contributed by atoms with Crippen LogP contribution in [0.2, 0.25) is 0 Å². The summed E-state index contributed by atoms with van der Waals surface area (Å²) in [5, 5.41) is 16.7. The lowest BCUT2D eigenvalue weighted by Gasteiger charge is -2.03. The average molecular weight is 271 g/mol. The normalized spacial score (nSPS) is 10.5. The monoisotopic (exact) mass is 271 g/mol. The molecule has 0 bridgehead atoms. The van der Waals surface area contributed by atoms with Crippen LogP contribution < -0.4 is 5.32 Å². The van der Waals surface area contributed by atoms with Crippen LogP contribution in [0, 0.1) is 0 Å². The number of anilines is 1. The summed E-state index contributed by atoms with van der Waals surface area (Å²) >= 11 is 1.59. The van der Waals surface area contributed by atoms with E-state index in [-0.39, 0.29) is 0 Å². The van der Waals surface area contributed by atoms with Gasteiger partial charge in [-0.1, -0.05) is 18.2 Å². The molecule has 2 N–H and O–H groups in total. The minimum absolute atomic E-state index is 0.798. The molecule has 19 heavy (non-hydrogen) atoms. The van der Waals surface area contributed by atoms with E-state index in [2.05, 4.69) is 43.2 Å². The fraction of sp³-hybridized carbons (Fsp3) is 0.154. The van der Waals surface area contributed by atoms with Gasteiger partial charge in [0, 0.05) is 24.0 Å². The van der Waals surface area contributed by atoms with Gasteiger partial charge in [0.25, 0.3) is 0 Å². The molecule has 5 nitrogen and oxygen atoms in total. The summed E-state index contributed by atoms with van der Waals surface area (Å²) in [4.78, 5) is 4.54. The van der Waals surface area contributed by atoms with Crippen LogP contribution in [0.25, 0.3) is 10.7 Å². The van der Waals surface area contributed by atoms with Crippen LogP contribution in [0.15, 0.2) is 41.9 Å². The minimum atomic E-state index is 0.798. The molecular weight excluding hydrogens is 258 g/mol. The minimum Gasteiger partial charge on any atom is -0.385 e. The standard InChI is InChI=1S/C13H13N5S/c1-2-4-10(5-3-1)14-7-6-11-9-19-13(16-11)12-8-15-18-17-12/h1-5,8-9,14H,6-7H2,(H,15,17,18). The third kappa shape index (κ3) is 2.97. The van der Waals surface area contributed by atoms with E-state index in [9.17, 15) is 0 Å². The lowest BCUT2D eigenvalue weighted by molar-refractivity contribution is 0.939. The number of para-hydroxylation sites is 1. The topological polar surface area (TPSA) is 66.5 Å². The molecule has 0 aliphatic carbocycles. The Morgan fingerprint density at radius 2 is 2.11 bits per heavy atom. The first kappa shape index (κ1) is 11.9. The lowest BCUT2D eigenvalue weighted by Crippen LogP contribution is -2.04. The van der Waals surface area contributed by atoms with Gasteiger partial charge in [0.05, 0.1) is 11.9 Å². The van der Waals surface area contributed by atoms with E-state index in [0.29, 0.717) is 0 Å². The Kier molecular flexibility index (Phi) is 3.51. The van der Waals surface area contributed by atoms with Gasteiger partial charge >= 0.3 is 0 Å². The number of H-pyrrole nitrogens is 1. The quantitative estimate of drug-likeness (QED) is 0.748. The maximum Gasteiger partial charge on any atom is 0.145 e. The van der Waals surface area contributed by atoms with Gasteiger partial charge in [0.2, 0.25) is 0 Å². The first-order valence-electron chi connectivity index (χ1n) is 6.01. The molecule has 3 rings (SSSR count). The van der Waals surface area contributed by atoms with Crippen LogP contribution in [0.1, 0.15) is 5.69 Å². The molecule has 2 heterocycles. The van der Waals surface area contributed by atoms with Crippen molar-refractivity contribution in [1.29, 1.82) is 0 Å². The summed E-state index contributed by atoms with van der Waals surface area (Å²) in [7, 11) is 0. The first-order chi connectivity index (χ1) is 9.42. The maximum atomic E-state index is 4.54. The highest BCUT2D eigenvalue weighted by atomic mass is 32.1. The second-order valence-corrected chi connectivity index (χ2v) is 4.90. The molecule has 0 saturated heterocycles. The third-order valence-electron chi connectivity index (χ3n) is 2.67. The van der Waals surface area contributed by atoms with Crippen molar-refractivity contribution in [3.05, 3.63) is 47.6 Å². The molecule has 0 unspecified atom stereocenters. The second kappa shape index (κ2) is 5.62. The Morgan fingerprint density at radius 1 is 1.21 bits per heavy atom. The van der Waals surface area contributed by atoms with Gasteiger partial charge in [-0.05, 0) is 12.1 Å². The maximum absolute atomic E-state index is 4.54. The van der Waals surface area contributed by atoms with E-state index in [1.54, 1.807) is 17.5 Å². The molecule has 0 aliphatic rings. The largest absolute Gasteiger partial charge is 0.385 e. The Bertz CT molecular complexity index is 618. The van der Waals surface area contributed by atoms with Gasteiger partial charge < -0.3 is 5.32 Å². The Labute approximate surface area is 114 Å². The van der Waals surface area contributed by atoms with Crippen molar-refractivity contribution >= 4 is 17.0 Å². The Balaban J connectivity index is 1.56. The number of hydrogen-bond donors (Lipinski definition) is 2. The van der Waals surface area contributed by atoms with Gasteiger partial charge in [-0.2, -0.15) is 15.4 Å². The zero-order valence-electron chi connectivity index (χ0n) is 10.2. The number of nitrogens with zero attached hydrogens (tertiary/aromatic N) is 3. The average Bonchev–Trinajstić information content (AvgIpc) is 3.10. The van der Waals surface area contributed by atoms with Crippen LogP contribution >= 0.6 is 11.3 Å². The van der Waals surface area contributed by atoms with Crippen molar-refractivity contribution in [2.45, 2.75) is 6.42 Å². The van der Waals surface area contributed by atoms with E-state index >= 15 is 0 Å². The number of rotatable bonds is 5. The molecule has 0 atom stereocenters. The molecule has 0 amide bonds. The molecule has 2 aromatic heterocycles. The number of nitrogens with one attached hydrogen (secondary N) is 2. The lowest BCUT2D eigenvalue weighted by atomic mass is 10.3. The number of aromatic nitrogens is 4. The number of thiazole rings is 1. The highest BCUT2D eigenvalue weighted by Gasteiger charge is 2.06. The highest BCUT2D eigenvalue weighted by Crippen LogP contribution is 2.20. The predicted octanol–water partition coefficient (Wildman–Crippen LogP) is 2.58. The Hall–Kier alpha value is -2.21. The number of hydrogen-bond acceptors (Lipinski definition) is 5. The first-order valence-corrected chi connectivity index (χ1v) is 6.89. The van der Waals surface area contributed by atoms with Crippen molar-refractivity contribution in [2.24, 2.45) is 0 Å².